The molecule has 0 aromatic heterocycles. The van der Waals surface area contributed by atoms with E-state index < -0.39 is 0 Å². The summed E-state index contributed by atoms with van der Waals surface area (Å²) >= 11 is 3.89. The van der Waals surface area contributed by atoms with E-state index in [2.05, 4.69) is 50.2 Å². The van der Waals surface area contributed by atoms with Gasteiger partial charge in [0.2, 0.25) is 0 Å². The summed E-state index contributed by atoms with van der Waals surface area (Å²) in [6, 6.07) is 0. The molecule has 0 aromatic rings. The Bertz CT molecular complexity index is 229. The maximum absolute atomic E-state index is 4.06. The van der Waals surface area contributed by atoms with Gasteiger partial charge in [0.1, 0.15) is 0 Å². The third-order valence-electron chi connectivity index (χ3n) is 3.80. The van der Waals surface area contributed by atoms with Crippen molar-refractivity contribution in [2.75, 3.05) is 0 Å². The van der Waals surface area contributed by atoms with Crippen molar-refractivity contribution in [3.8, 4) is 0 Å². The molecule has 1 heteroatoms. The monoisotopic (exact) mass is 272 g/mol. The SMILES string of the molecule is C=C(C)CC(C)(C)C1CCC(C)CC1Br. The van der Waals surface area contributed by atoms with Gasteiger partial charge in [0.05, 0.1) is 0 Å². The van der Waals surface area contributed by atoms with E-state index in [0.29, 0.717) is 10.2 Å². The van der Waals surface area contributed by atoms with E-state index in [4.69, 9.17) is 0 Å². The number of hydrogen-bond acceptors (Lipinski definition) is 0. The lowest BCUT2D eigenvalue weighted by Gasteiger charge is -2.42. The molecule has 0 aliphatic heterocycles. The maximum Gasteiger partial charge on any atom is 0.0181 e. The molecular formula is C14H25Br. The molecule has 3 atom stereocenters. The van der Waals surface area contributed by atoms with Crippen molar-refractivity contribution in [1.82, 2.24) is 0 Å². The average molecular weight is 273 g/mol. The Morgan fingerprint density at radius 3 is 2.47 bits per heavy atom. The molecule has 1 fully saturated rings. The smallest absolute Gasteiger partial charge is 0.0181 e. The molecular weight excluding hydrogens is 248 g/mol. The summed E-state index contributed by atoms with van der Waals surface area (Å²) in [5, 5.41) is 0. The lowest BCUT2D eigenvalue weighted by molar-refractivity contribution is 0.147. The molecule has 0 aromatic carbocycles. The van der Waals surface area contributed by atoms with E-state index in [1.165, 1.54) is 24.8 Å². The van der Waals surface area contributed by atoms with Crippen molar-refractivity contribution >= 4 is 15.9 Å². The summed E-state index contributed by atoms with van der Waals surface area (Å²) in [5.74, 6) is 1.71. The van der Waals surface area contributed by atoms with Crippen LogP contribution in [0.15, 0.2) is 12.2 Å². The highest BCUT2D eigenvalue weighted by molar-refractivity contribution is 9.09. The van der Waals surface area contributed by atoms with Crippen LogP contribution in [0.4, 0.5) is 0 Å². The number of rotatable bonds is 3. The van der Waals surface area contributed by atoms with Gasteiger partial charge in [0, 0.05) is 4.83 Å². The lowest BCUT2D eigenvalue weighted by atomic mass is 9.67. The molecule has 0 nitrogen and oxygen atoms in total. The Balaban J connectivity index is 2.65. The molecule has 1 rings (SSSR count). The molecule has 15 heavy (non-hydrogen) atoms. The topological polar surface area (TPSA) is 0 Å². The first-order valence-corrected chi connectivity index (χ1v) is 7.03. The van der Waals surface area contributed by atoms with E-state index in [-0.39, 0.29) is 0 Å². The summed E-state index contributed by atoms with van der Waals surface area (Å²) in [5.41, 5.74) is 1.72. The van der Waals surface area contributed by atoms with Gasteiger partial charge in [-0.3, -0.25) is 0 Å². The average Bonchev–Trinajstić information content (AvgIpc) is 1.99. The third kappa shape index (κ3) is 3.62. The molecule has 0 spiro atoms. The number of hydrogen-bond donors (Lipinski definition) is 0. The Labute approximate surface area is 104 Å². The predicted molar refractivity (Wildman–Crippen MR) is 72.4 cm³/mol. The zero-order valence-corrected chi connectivity index (χ0v) is 12.2. The number of allylic oxidation sites excluding steroid dienone is 1. The van der Waals surface area contributed by atoms with E-state index >= 15 is 0 Å². The highest BCUT2D eigenvalue weighted by atomic mass is 79.9. The van der Waals surface area contributed by atoms with Crippen LogP contribution < -0.4 is 0 Å². The largest absolute Gasteiger partial charge is 0.100 e. The molecule has 1 aliphatic rings. The molecule has 0 bridgehead atoms. The van der Waals surface area contributed by atoms with Crippen LogP contribution in [0.1, 0.15) is 53.4 Å². The van der Waals surface area contributed by atoms with E-state index in [0.717, 1.165) is 18.3 Å². The van der Waals surface area contributed by atoms with Crippen molar-refractivity contribution in [3.05, 3.63) is 12.2 Å². The van der Waals surface area contributed by atoms with Gasteiger partial charge in [-0.05, 0) is 43.4 Å². The summed E-state index contributed by atoms with van der Waals surface area (Å²) < 4.78 is 0. The van der Waals surface area contributed by atoms with Crippen molar-refractivity contribution in [3.63, 3.8) is 0 Å². The summed E-state index contributed by atoms with van der Waals surface area (Å²) in [6.07, 6.45) is 5.27. The first-order chi connectivity index (χ1) is 6.83. The predicted octanol–water partition coefficient (Wildman–Crippen LogP) is 5.18. The minimum absolute atomic E-state index is 0.403. The van der Waals surface area contributed by atoms with Gasteiger partial charge in [-0.2, -0.15) is 0 Å². The quantitative estimate of drug-likeness (QED) is 0.491. The van der Waals surface area contributed by atoms with Crippen LogP contribution in [-0.2, 0) is 0 Å². The van der Waals surface area contributed by atoms with E-state index in [9.17, 15) is 0 Å². The Kier molecular flexibility index (Phi) is 4.46. The fourth-order valence-corrected chi connectivity index (χ4v) is 4.72. The molecule has 1 aliphatic carbocycles. The molecule has 0 heterocycles. The molecule has 0 saturated heterocycles. The molecule has 3 unspecified atom stereocenters. The minimum Gasteiger partial charge on any atom is -0.100 e. The fourth-order valence-electron chi connectivity index (χ4n) is 3.10. The van der Waals surface area contributed by atoms with Crippen LogP contribution in [-0.4, -0.2) is 4.83 Å². The van der Waals surface area contributed by atoms with Crippen LogP contribution in [0, 0.1) is 17.3 Å². The Morgan fingerprint density at radius 1 is 1.40 bits per heavy atom. The van der Waals surface area contributed by atoms with E-state index in [1.54, 1.807) is 0 Å². The van der Waals surface area contributed by atoms with Crippen LogP contribution in [0.2, 0.25) is 0 Å². The number of alkyl halides is 1. The van der Waals surface area contributed by atoms with Crippen molar-refractivity contribution in [2.24, 2.45) is 17.3 Å². The van der Waals surface area contributed by atoms with Gasteiger partial charge in [-0.15, -0.1) is 6.58 Å². The lowest BCUT2D eigenvalue weighted by Crippen LogP contribution is -2.35. The second-order valence-electron chi connectivity index (χ2n) is 6.16. The normalized spacial score (nSPS) is 32.7. The molecule has 88 valence electrons. The van der Waals surface area contributed by atoms with Gasteiger partial charge >= 0.3 is 0 Å². The number of halogens is 1. The van der Waals surface area contributed by atoms with E-state index in [1.807, 2.05) is 0 Å². The zero-order chi connectivity index (χ0) is 11.6. The van der Waals surface area contributed by atoms with Crippen LogP contribution >= 0.6 is 15.9 Å². The van der Waals surface area contributed by atoms with Crippen LogP contribution in [0.3, 0.4) is 0 Å². The van der Waals surface area contributed by atoms with Gasteiger partial charge in [0.15, 0.2) is 0 Å². The second-order valence-corrected chi connectivity index (χ2v) is 7.34. The minimum atomic E-state index is 0.403. The Hall–Kier alpha value is 0.220. The molecule has 1 saturated carbocycles. The second kappa shape index (κ2) is 5.03. The van der Waals surface area contributed by atoms with Crippen molar-refractivity contribution in [1.29, 1.82) is 0 Å². The molecule has 0 N–H and O–H groups in total. The van der Waals surface area contributed by atoms with Crippen molar-refractivity contribution in [2.45, 2.75) is 58.2 Å². The van der Waals surface area contributed by atoms with Gasteiger partial charge in [-0.1, -0.05) is 48.7 Å². The summed E-state index contributed by atoms with van der Waals surface area (Å²) in [7, 11) is 0. The summed E-state index contributed by atoms with van der Waals surface area (Å²) in [4.78, 5) is 0.704. The molecule has 0 radical (unpaired) electrons. The Morgan fingerprint density at radius 2 is 2.00 bits per heavy atom. The van der Waals surface area contributed by atoms with Crippen molar-refractivity contribution < 1.29 is 0 Å². The maximum atomic E-state index is 4.06. The first kappa shape index (κ1) is 13.3. The zero-order valence-electron chi connectivity index (χ0n) is 10.6. The highest BCUT2D eigenvalue weighted by Gasteiger charge is 2.37. The fraction of sp³-hybridized carbons (Fsp3) is 0.857. The van der Waals surface area contributed by atoms with Crippen LogP contribution in [0.5, 0.6) is 0 Å². The summed E-state index contributed by atoms with van der Waals surface area (Å²) in [6.45, 7) is 13.4. The first-order valence-electron chi connectivity index (χ1n) is 6.11. The third-order valence-corrected chi connectivity index (χ3v) is 4.81. The van der Waals surface area contributed by atoms with Gasteiger partial charge in [0.25, 0.3) is 0 Å². The van der Waals surface area contributed by atoms with Crippen LogP contribution in [0.25, 0.3) is 0 Å². The standard InChI is InChI=1S/C14H25Br/c1-10(2)9-14(4,5)12-7-6-11(3)8-13(12)15/h11-13H,1,6-9H2,2-5H3. The molecule has 0 amide bonds. The highest BCUT2D eigenvalue weighted by Crippen LogP contribution is 2.46. The van der Waals surface area contributed by atoms with Gasteiger partial charge in [-0.25, -0.2) is 0 Å². The van der Waals surface area contributed by atoms with Gasteiger partial charge < -0.3 is 0 Å².